The van der Waals surface area contributed by atoms with Gasteiger partial charge in [0, 0.05) is 11.4 Å². The van der Waals surface area contributed by atoms with E-state index in [1.165, 1.54) is 11.3 Å². The van der Waals surface area contributed by atoms with Crippen LogP contribution >= 0.6 is 22.9 Å². The molecule has 1 aromatic heterocycles. The van der Waals surface area contributed by atoms with Crippen LogP contribution in [0.15, 0.2) is 12.1 Å². The minimum Gasteiger partial charge on any atom is -0.368 e. The van der Waals surface area contributed by atoms with E-state index in [-0.39, 0.29) is 12.2 Å². The van der Waals surface area contributed by atoms with Gasteiger partial charge >= 0.3 is 0 Å². The first-order valence-electron chi connectivity index (χ1n) is 5.15. The molecule has 2 atom stereocenters. The quantitative estimate of drug-likeness (QED) is 0.865. The Morgan fingerprint density at radius 2 is 2.07 bits per heavy atom. The molecule has 0 saturated carbocycles. The maximum atomic E-state index is 5.89. The van der Waals surface area contributed by atoms with E-state index in [1.54, 1.807) is 0 Å². The van der Waals surface area contributed by atoms with Crippen LogP contribution in [0.25, 0.3) is 0 Å². The van der Waals surface area contributed by atoms with Gasteiger partial charge in [0.15, 0.2) is 0 Å². The van der Waals surface area contributed by atoms with Crippen molar-refractivity contribution >= 4 is 22.9 Å². The van der Waals surface area contributed by atoms with E-state index in [9.17, 15) is 0 Å². The predicted octanol–water partition coefficient (Wildman–Crippen LogP) is 3.46. The molecule has 0 fully saturated rings. The van der Waals surface area contributed by atoms with Gasteiger partial charge in [-0.1, -0.05) is 25.4 Å². The standard InChI is InChI=1S/C11H18ClNOS/c1-7(2)8(3)14-9(6-13)10-4-5-11(12)15-10/h4-5,7-9H,6,13H2,1-3H3. The summed E-state index contributed by atoms with van der Waals surface area (Å²) < 4.78 is 6.67. The fourth-order valence-corrected chi connectivity index (χ4v) is 2.27. The second kappa shape index (κ2) is 5.85. The average Bonchev–Trinajstić information content (AvgIpc) is 2.60. The number of ether oxygens (including phenoxy) is 1. The molecule has 1 heterocycles. The third-order valence-electron chi connectivity index (χ3n) is 2.44. The van der Waals surface area contributed by atoms with Gasteiger partial charge in [0.2, 0.25) is 0 Å². The Labute approximate surface area is 100 Å². The first-order chi connectivity index (χ1) is 7.04. The monoisotopic (exact) mass is 247 g/mol. The molecule has 2 nitrogen and oxygen atoms in total. The van der Waals surface area contributed by atoms with Crippen LogP contribution < -0.4 is 5.73 Å². The molecule has 0 radical (unpaired) electrons. The van der Waals surface area contributed by atoms with E-state index in [1.807, 2.05) is 12.1 Å². The lowest BCUT2D eigenvalue weighted by atomic mass is 10.1. The molecule has 15 heavy (non-hydrogen) atoms. The van der Waals surface area contributed by atoms with Gasteiger partial charge in [-0.2, -0.15) is 0 Å². The fourth-order valence-electron chi connectivity index (χ4n) is 1.16. The van der Waals surface area contributed by atoms with Crippen LogP contribution in [0.2, 0.25) is 4.34 Å². The summed E-state index contributed by atoms with van der Waals surface area (Å²) in [4.78, 5) is 1.11. The molecule has 0 spiro atoms. The molecule has 86 valence electrons. The third kappa shape index (κ3) is 3.76. The van der Waals surface area contributed by atoms with E-state index >= 15 is 0 Å². The molecule has 4 heteroatoms. The van der Waals surface area contributed by atoms with Crippen LogP contribution in [0.5, 0.6) is 0 Å². The van der Waals surface area contributed by atoms with Gasteiger partial charge < -0.3 is 10.5 Å². The van der Waals surface area contributed by atoms with Crippen LogP contribution in [0, 0.1) is 5.92 Å². The molecule has 1 rings (SSSR count). The summed E-state index contributed by atoms with van der Waals surface area (Å²) in [6, 6.07) is 3.87. The van der Waals surface area contributed by atoms with E-state index in [4.69, 9.17) is 22.1 Å². The lowest BCUT2D eigenvalue weighted by molar-refractivity contribution is -0.0203. The fraction of sp³-hybridized carbons (Fsp3) is 0.636. The van der Waals surface area contributed by atoms with Crippen molar-refractivity contribution in [3.8, 4) is 0 Å². The number of hydrogen-bond donors (Lipinski definition) is 1. The number of hydrogen-bond acceptors (Lipinski definition) is 3. The number of thiophene rings is 1. The van der Waals surface area contributed by atoms with Crippen molar-refractivity contribution in [2.75, 3.05) is 6.54 Å². The van der Waals surface area contributed by atoms with Gasteiger partial charge in [-0.3, -0.25) is 0 Å². The lowest BCUT2D eigenvalue weighted by Gasteiger charge is -2.22. The molecule has 1 aromatic rings. The number of halogens is 1. The molecular formula is C11H18ClNOS. The zero-order valence-electron chi connectivity index (χ0n) is 9.37. The van der Waals surface area contributed by atoms with Crippen molar-refractivity contribution in [2.24, 2.45) is 11.7 Å². The smallest absolute Gasteiger partial charge is 0.104 e. The Kier molecular flexibility index (Phi) is 5.06. The molecule has 0 aliphatic carbocycles. The maximum absolute atomic E-state index is 5.89. The normalized spacial score (nSPS) is 15.6. The van der Waals surface area contributed by atoms with Gasteiger partial charge in [-0.05, 0) is 25.0 Å². The molecule has 0 aliphatic heterocycles. The van der Waals surface area contributed by atoms with Crippen LogP contribution in [-0.2, 0) is 4.74 Å². The summed E-state index contributed by atoms with van der Waals surface area (Å²) in [5, 5.41) is 0. The Bertz CT molecular complexity index is 301. The highest BCUT2D eigenvalue weighted by Gasteiger charge is 2.17. The highest BCUT2D eigenvalue weighted by atomic mass is 35.5. The van der Waals surface area contributed by atoms with Gasteiger partial charge in [0.25, 0.3) is 0 Å². The molecule has 0 aromatic carbocycles. The molecule has 2 N–H and O–H groups in total. The highest BCUT2D eigenvalue weighted by molar-refractivity contribution is 7.16. The van der Waals surface area contributed by atoms with Crippen LogP contribution in [0.1, 0.15) is 31.8 Å². The predicted molar refractivity (Wildman–Crippen MR) is 66.5 cm³/mol. The van der Waals surface area contributed by atoms with Crippen molar-refractivity contribution in [3.63, 3.8) is 0 Å². The van der Waals surface area contributed by atoms with Gasteiger partial charge in [-0.15, -0.1) is 11.3 Å². The first-order valence-corrected chi connectivity index (χ1v) is 6.34. The summed E-state index contributed by atoms with van der Waals surface area (Å²) in [5.74, 6) is 0.495. The van der Waals surface area contributed by atoms with E-state index in [0.29, 0.717) is 12.5 Å². The van der Waals surface area contributed by atoms with Crippen LogP contribution in [0.3, 0.4) is 0 Å². The molecule has 0 aliphatic rings. The Hall–Kier alpha value is -0.0900. The lowest BCUT2D eigenvalue weighted by Crippen LogP contribution is -2.23. The molecular weight excluding hydrogens is 230 g/mol. The van der Waals surface area contributed by atoms with E-state index in [2.05, 4.69) is 20.8 Å². The van der Waals surface area contributed by atoms with Gasteiger partial charge in [0.05, 0.1) is 10.4 Å². The van der Waals surface area contributed by atoms with Crippen molar-refractivity contribution in [1.82, 2.24) is 0 Å². The zero-order valence-corrected chi connectivity index (χ0v) is 10.9. The summed E-state index contributed by atoms with van der Waals surface area (Å²) in [6.07, 6.45) is 0.180. The SMILES string of the molecule is CC(C)C(C)OC(CN)c1ccc(Cl)s1. The second-order valence-electron chi connectivity index (χ2n) is 3.95. The number of nitrogens with two attached hydrogens (primary N) is 1. The van der Waals surface area contributed by atoms with Crippen LogP contribution in [-0.4, -0.2) is 12.6 Å². The van der Waals surface area contributed by atoms with Crippen molar-refractivity contribution in [2.45, 2.75) is 33.0 Å². The topological polar surface area (TPSA) is 35.2 Å². The maximum Gasteiger partial charge on any atom is 0.104 e. The van der Waals surface area contributed by atoms with Gasteiger partial charge in [0.1, 0.15) is 6.10 Å². The van der Waals surface area contributed by atoms with Crippen LogP contribution in [0.4, 0.5) is 0 Å². The highest BCUT2D eigenvalue weighted by Crippen LogP contribution is 2.29. The van der Waals surface area contributed by atoms with E-state index in [0.717, 1.165) is 9.21 Å². The summed E-state index contributed by atoms with van der Waals surface area (Å²) in [7, 11) is 0. The zero-order chi connectivity index (χ0) is 11.4. The molecule has 2 unspecified atom stereocenters. The average molecular weight is 248 g/mol. The van der Waals surface area contributed by atoms with Gasteiger partial charge in [-0.25, -0.2) is 0 Å². The first kappa shape index (κ1) is 13.0. The minimum absolute atomic E-state index is 0.0279. The Morgan fingerprint density at radius 1 is 1.40 bits per heavy atom. The molecule has 0 amide bonds. The Morgan fingerprint density at radius 3 is 2.47 bits per heavy atom. The molecule has 0 bridgehead atoms. The number of rotatable bonds is 5. The largest absolute Gasteiger partial charge is 0.368 e. The van der Waals surface area contributed by atoms with Crippen molar-refractivity contribution in [3.05, 3.63) is 21.3 Å². The van der Waals surface area contributed by atoms with Crippen molar-refractivity contribution in [1.29, 1.82) is 0 Å². The van der Waals surface area contributed by atoms with Crippen molar-refractivity contribution < 1.29 is 4.74 Å². The third-order valence-corrected chi connectivity index (χ3v) is 3.77. The van der Waals surface area contributed by atoms with E-state index < -0.39 is 0 Å². The summed E-state index contributed by atoms with van der Waals surface area (Å²) in [5.41, 5.74) is 5.70. The summed E-state index contributed by atoms with van der Waals surface area (Å²) in [6.45, 7) is 6.84. The summed E-state index contributed by atoms with van der Waals surface area (Å²) >= 11 is 7.42. The molecule has 0 saturated heterocycles. The Balaban J connectivity index is 2.64. The minimum atomic E-state index is -0.0279. The second-order valence-corrected chi connectivity index (χ2v) is 5.70.